The van der Waals surface area contributed by atoms with E-state index in [0.717, 1.165) is 68.5 Å². The number of guanidine groups is 1. The van der Waals surface area contributed by atoms with Gasteiger partial charge in [-0.05, 0) is 52.7 Å². The minimum Gasteiger partial charge on any atom is -0.494 e. The summed E-state index contributed by atoms with van der Waals surface area (Å²) in [6.45, 7) is 13.1. The summed E-state index contributed by atoms with van der Waals surface area (Å²) >= 11 is 0. The lowest BCUT2D eigenvalue weighted by atomic mass is 10.1. The molecule has 0 aromatic heterocycles. The number of hydrogen-bond acceptors (Lipinski definition) is 4. The second-order valence-corrected chi connectivity index (χ2v) is 7.45. The molecule has 1 atom stereocenters. The van der Waals surface area contributed by atoms with E-state index >= 15 is 0 Å². The first-order valence-corrected chi connectivity index (χ1v) is 10.7. The van der Waals surface area contributed by atoms with E-state index in [9.17, 15) is 0 Å². The first kappa shape index (κ1) is 24.1. The molecule has 1 aromatic rings. The molecule has 164 valence electrons. The zero-order chi connectivity index (χ0) is 19.9. The predicted molar refractivity (Wildman–Crippen MR) is 128 cm³/mol. The number of hydrogen-bond donors (Lipinski definition) is 1. The van der Waals surface area contributed by atoms with E-state index in [1.54, 1.807) is 0 Å². The molecule has 7 heteroatoms. The summed E-state index contributed by atoms with van der Waals surface area (Å²) in [7, 11) is 0. The van der Waals surface area contributed by atoms with E-state index < -0.39 is 0 Å². The molecule has 0 spiro atoms. The van der Waals surface area contributed by atoms with Crippen molar-refractivity contribution in [2.24, 2.45) is 4.99 Å². The zero-order valence-corrected chi connectivity index (χ0v) is 20.5. The minimum absolute atomic E-state index is 0. The van der Waals surface area contributed by atoms with Crippen molar-refractivity contribution in [2.75, 3.05) is 32.8 Å². The Balaban J connectivity index is 0.00000300. The van der Waals surface area contributed by atoms with E-state index in [1.165, 1.54) is 5.56 Å². The van der Waals surface area contributed by atoms with Crippen LogP contribution in [0.2, 0.25) is 0 Å². The summed E-state index contributed by atoms with van der Waals surface area (Å²) < 4.78 is 17.6. The van der Waals surface area contributed by atoms with Crippen molar-refractivity contribution in [3.8, 4) is 11.5 Å². The van der Waals surface area contributed by atoms with Crippen molar-refractivity contribution >= 4 is 29.9 Å². The third kappa shape index (κ3) is 6.38. The molecule has 1 fully saturated rings. The molecule has 3 rings (SSSR count). The molecular weight excluding hydrogens is 481 g/mol. The zero-order valence-electron chi connectivity index (χ0n) is 18.2. The Bertz CT molecular complexity index is 676. The summed E-state index contributed by atoms with van der Waals surface area (Å²) in [5, 5.41) is 3.44. The second kappa shape index (κ2) is 11.8. The van der Waals surface area contributed by atoms with Crippen LogP contribution in [-0.2, 0) is 17.7 Å². The van der Waals surface area contributed by atoms with Gasteiger partial charge in [-0.15, -0.1) is 24.0 Å². The van der Waals surface area contributed by atoms with Crippen molar-refractivity contribution in [1.82, 2.24) is 10.2 Å². The van der Waals surface area contributed by atoms with E-state index in [2.05, 4.69) is 43.1 Å². The maximum atomic E-state index is 5.94. The summed E-state index contributed by atoms with van der Waals surface area (Å²) in [6, 6.07) is 4.24. The molecule has 1 unspecified atom stereocenters. The standard InChI is InChI=1S/C22H35N3O3.HI/c1-5-23-22(25-10-8-19(9-11-25)26-6-2)24-15-18-14-21-17(12-16(4)28-21)13-20(18)27-7-3;/h13-14,16,19H,5-12,15H2,1-4H3,(H,23,24);1H. The van der Waals surface area contributed by atoms with Gasteiger partial charge in [0.1, 0.15) is 17.6 Å². The Morgan fingerprint density at radius 1 is 1.21 bits per heavy atom. The van der Waals surface area contributed by atoms with Gasteiger partial charge >= 0.3 is 0 Å². The smallest absolute Gasteiger partial charge is 0.194 e. The van der Waals surface area contributed by atoms with E-state index in [-0.39, 0.29) is 30.1 Å². The molecular formula is C22H36IN3O3. The van der Waals surface area contributed by atoms with Crippen molar-refractivity contribution in [1.29, 1.82) is 0 Å². The van der Waals surface area contributed by atoms with Crippen molar-refractivity contribution < 1.29 is 14.2 Å². The Morgan fingerprint density at radius 2 is 1.97 bits per heavy atom. The average Bonchev–Trinajstić information content (AvgIpc) is 3.05. The van der Waals surface area contributed by atoms with Gasteiger partial charge in [0.05, 0.1) is 19.3 Å². The van der Waals surface area contributed by atoms with Gasteiger partial charge in [-0.2, -0.15) is 0 Å². The molecule has 2 heterocycles. The normalized spacial score (nSPS) is 19.4. The first-order chi connectivity index (χ1) is 13.6. The van der Waals surface area contributed by atoms with E-state index in [1.807, 2.05) is 6.92 Å². The Hall–Kier alpha value is -1.22. The predicted octanol–water partition coefficient (Wildman–Crippen LogP) is 3.99. The molecule has 0 saturated carbocycles. The number of rotatable bonds is 7. The number of ether oxygens (including phenoxy) is 3. The second-order valence-electron chi connectivity index (χ2n) is 7.45. The van der Waals surface area contributed by atoms with Crippen LogP contribution in [0.3, 0.4) is 0 Å². The lowest BCUT2D eigenvalue weighted by Crippen LogP contribution is -2.47. The molecule has 6 nitrogen and oxygen atoms in total. The van der Waals surface area contributed by atoms with Crippen LogP contribution in [0.25, 0.3) is 0 Å². The fourth-order valence-electron chi connectivity index (χ4n) is 3.95. The van der Waals surface area contributed by atoms with Gasteiger partial charge in [0.2, 0.25) is 0 Å². The van der Waals surface area contributed by atoms with Crippen molar-refractivity contribution in [3.05, 3.63) is 23.3 Å². The number of halogens is 1. The van der Waals surface area contributed by atoms with Crippen LogP contribution in [0.15, 0.2) is 17.1 Å². The number of aliphatic imine (C=N–C) groups is 1. The molecule has 1 saturated heterocycles. The molecule has 29 heavy (non-hydrogen) atoms. The third-order valence-corrected chi connectivity index (χ3v) is 5.26. The summed E-state index contributed by atoms with van der Waals surface area (Å²) in [5.41, 5.74) is 2.31. The number of likely N-dealkylation sites (tertiary alicyclic amines) is 1. The number of nitrogens with one attached hydrogen (secondary N) is 1. The SMILES string of the molecule is CCNC(=NCc1cc2c(cc1OCC)CC(C)O2)N1CCC(OCC)CC1.I. The van der Waals surface area contributed by atoms with Gasteiger partial charge < -0.3 is 24.4 Å². The molecule has 2 aliphatic heterocycles. The van der Waals surface area contributed by atoms with Crippen molar-refractivity contribution in [2.45, 2.75) is 65.7 Å². The van der Waals surface area contributed by atoms with Gasteiger partial charge in [0, 0.05) is 43.8 Å². The molecule has 0 aliphatic carbocycles. The van der Waals surface area contributed by atoms with Gasteiger partial charge in [-0.3, -0.25) is 0 Å². The molecule has 0 bridgehead atoms. The number of nitrogens with zero attached hydrogens (tertiary/aromatic N) is 2. The largest absolute Gasteiger partial charge is 0.494 e. The lowest BCUT2D eigenvalue weighted by molar-refractivity contribution is 0.0263. The number of benzene rings is 1. The Labute approximate surface area is 192 Å². The van der Waals surface area contributed by atoms with Crippen LogP contribution >= 0.6 is 24.0 Å². The van der Waals surface area contributed by atoms with Gasteiger partial charge in [0.25, 0.3) is 0 Å². The van der Waals surface area contributed by atoms with E-state index in [4.69, 9.17) is 19.2 Å². The number of fused-ring (bicyclic) bond motifs is 1. The van der Waals surface area contributed by atoms with E-state index in [0.29, 0.717) is 19.3 Å². The van der Waals surface area contributed by atoms with Crippen LogP contribution in [0.5, 0.6) is 11.5 Å². The van der Waals surface area contributed by atoms with Crippen molar-refractivity contribution in [3.63, 3.8) is 0 Å². The fraction of sp³-hybridized carbons (Fsp3) is 0.682. The monoisotopic (exact) mass is 517 g/mol. The highest BCUT2D eigenvalue weighted by Crippen LogP contribution is 2.35. The highest BCUT2D eigenvalue weighted by atomic mass is 127. The maximum absolute atomic E-state index is 5.94. The average molecular weight is 517 g/mol. The molecule has 1 N–H and O–H groups in total. The van der Waals surface area contributed by atoms with Gasteiger partial charge in [-0.1, -0.05) is 0 Å². The molecule has 2 aliphatic rings. The summed E-state index contributed by atoms with van der Waals surface area (Å²) in [4.78, 5) is 7.26. The quantitative estimate of drug-likeness (QED) is 0.337. The highest BCUT2D eigenvalue weighted by Gasteiger charge is 2.23. The van der Waals surface area contributed by atoms with Crippen LogP contribution < -0.4 is 14.8 Å². The van der Waals surface area contributed by atoms with Crippen LogP contribution in [0, 0.1) is 0 Å². The fourth-order valence-corrected chi connectivity index (χ4v) is 3.95. The Morgan fingerprint density at radius 3 is 2.62 bits per heavy atom. The molecule has 1 aromatic carbocycles. The van der Waals surface area contributed by atoms with Crippen LogP contribution in [-0.4, -0.2) is 55.9 Å². The summed E-state index contributed by atoms with van der Waals surface area (Å²) in [5.74, 6) is 2.87. The summed E-state index contributed by atoms with van der Waals surface area (Å²) in [6.07, 6.45) is 3.65. The highest BCUT2D eigenvalue weighted by molar-refractivity contribution is 14.0. The first-order valence-electron chi connectivity index (χ1n) is 10.7. The minimum atomic E-state index is 0. The topological polar surface area (TPSA) is 55.3 Å². The maximum Gasteiger partial charge on any atom is 0.194 e. The third-order valence-electron chi connectivity index (χ3n) is 5.26. The number of piperidine rings is 1. The van der Waals surface area contributed by atoms with Gasteiger partial charge in [-0.25, -0.2) is 4.99 Å². The lowest BCUT2D eigenvalue weighted by Gasteiger charge is -2.34. The van der Waals surface area contributed by atoms with Crippen LogP contribution in [0.1, 0.15) is 51.7 Å². The Kier molecular flexibility index (Phi) is 9.82. The molecule has 0 radical (unpaired) electrons. The van der Waals surface area contributed by atoms with Crippen LogP contribution in [0.4, 0.5) is 0 Å². The van der Waals surface area contributed by atoms with Gasteiger partial charge in [0.15, 0.2) is 5.96 Å². The molecule has 0 amide bonds.